The highest BCUT2D eigenvalue weighted by atomic mass is 16.2. The molecule has 0 saturated carbocycles. The van der Waals surface area contributed by atoms with Gasteiger partial charge in [0.05, 0.1) is 6.67 Å². The zero-order valence-corrected chi connectivity index (χ0v) is 20.1. The number of nitrogens with one attached hydrogen (secondary N) is 2. The molecule has 2 unspecified atom stereocenters. The Morgan fingerprint density at radius 2 is 0.852 bits per heavy atom. The van der Waals surface area contributed by atoms with E-state index in [1.54, 1.807) is 0 Å². The second-order valence-electron chi connectivity index (χ2n) is 12.6. The van der Waals surface area contributed by atoms with Crippen LogP contribution in [-0.2, 0) is 9.59 Å². The third-order valence-corrected chi connectivity index (χ3v) is 4.88. The van der Waals surface area contributed by atoms with Gasteiger partial charge in [-0.3, -0.25) is 9.59 Å². The fourth-order valence-electron chi connectivity index (χ4n) is 3.27. The maximum absolute atomic E-state index is 12.8. The lowest BCUT2D eigenvalue weighted by molar-refractivity contribution is -0.131. The molecule has 0 rings (SSSR count). The first kappa shape index (κ1) is 25.9. The van der Waals surface area contributed by atoms with E-state index >= 15 is 0 Å². The molecule has 4 nitrogen and oxygen atoms in total. The van der Waals surface area contributed by atoms with Crippen LogP contribution in [0.25, 0.3) is 0 Å². The van der Waals surface area contributed by atoms with Crippen molar-refractivity contribution >= 4 is 11.8 Å². The molecule has 2 amide bonds. The van der Waals surface area contributed by atoms with Crippen LogP contribution in [0, 0.1) is 33.5 Å². The normalized spacial score (nSPS) is 15.9. The largest absolute Gasteiger partial charge is 0.338 e. The molecule has 0 heterocycles. The van der Waals surface area contributed by atoms with Gasteiger partial charge < -0.3 is 10.6 Å². The van der Waals surface area contributed by atoms with Crippen molar-refractivity contribution in [3.05, 3.63) is 0 Å². The first-order chi connectivity index (χ1) is 11.7. The first-order valence-electron chi connectivity index (χ1n) is 10.3. The van der Waals surface area contributed by atoms with Gasteiger partial charge in [0.2, 0.25) is 11.8 Å². The van der Waals surface area contributed by atoms with Crippen LogP contribution in [-0.4, -0.2) is 18.5 Å². The zero-order valence-electron chi connectivity index (χ0n) is 20.1. The van der Waals surface area contributed by atoms with Gasteiger partial charge in [0.15, 0.2) is 0 Å². The summed E-state index contributed by atoms with van der Waals surface area (Å²) in [5.41, 5.74) is -0.103. The van der Waals surface area contributed by atoms with Crippen LogP contribution in [0.5, 0.6) is 0 Å². The van der Waals surface area contributed by atoms with Crippen molar-refractivity contribution in [3.8, 4) is 0 Å². The molecule has 0 radical (unpaired) electrons. The highest BCUT2D eigenvalue weighted by molar-refractivity contribution is 5.82. The van der Waals surface area contributed by atoms with Crippen molar-refractivity contribution in [3.63, 3.8) is 0 Å². The molecule has 0 saturated heterocycles. The molecule has 0 aromatic heterocycles. The van der Waals surface area contributed by atoms with Crippen LogP contribution < -0.4 is 10.6 Å². The summed E-state index contributed by atoms with van der Waals surface area (Å²) in [4.78, 5) is 25.6. The Morgan fingerprint density at radius 1 is 0.593 bits per heavy atom. The third-order valence-electron chi connectivity index (χ3n) is 4.88. The number of carbonyl (C=O) groups excluding carboxylic acids is 2. The van der Waals surface area contributed by atoms with Gasteiger partial charge >= 0.3 is 0 Å². The molecule has 0 fully saturated rings. The molecule has 4 heteroatoms. The van der Waals surface area contributed by atoms with Crippen LogP contribution in [0.1, 0.15) is 95.9 Å². The van der Waals surface area contributed by atoms with E-state index in [2.05, 4.69) is 93.7 Å². The summed E-state index contributed by atoms with van der Waals surface area (Å²) in [7, 11) is 0. The van der Waals surface area contributed by atoms with Gasteiger partial charge in [-0.25, -0.2) is 0 Å². The molecule has 0 aliphatic carbocycles. The molecule has 0 aromatic rings. The first-order valence-corrected chi connectivity index (χ1v) is 10.3. The summed E-state index contributed by atoms with van der Waals surface area (Å²) in [5, 5.41) is 5.88. The topological polar surface area (TPSA) is 58.2 Å². The Morgan fingerprint density at radius 3 is 1.04 bits per heavy atom. The molecule has 0 spiro atoms. The van der Waals surface area contributed by atoms with Crippen LogP contribution >= 0.6 is 0 Å². The number of rotatable bonds is 6. The molecular weight excluding hydrogens is 336 g/mol. The second-order valence-corrected chi connectivity index (χ2v) is 12.6. The summed E-state index contributed by atoms with van der Waals surface area (Å²) < 4.78 is 0. The van der Waals surface area contributed by atoms with Gasteiger partial charge in [-0.05, 0) is 34.5 Å². The van der Waals surface area contributed by atoms with Gasteiger partial charge in [0.25, 0.3) is 0 Å². The van der Waals surface area contributed by atoms with Gasteiger partial charge in [-0.15, -0.1) is 0 Å². The lowest BCUT2D eigenvalue weighted by atomic mass is 9.71. The van der Waals surface area contributed by atoms with Crippen molar-refractivity contribution in [2.45, 2.75) is 95.9 Å². The Hall–Kier alpha value is -1.06. The SMILES string of the molecule is CC(C)(C)CC(C(=O)NCNC(=O)C(CC(C)(C)C)C(C)(C)C)C(C)(C)C. The number of hydrogen-bond donors (Lipinski definition) is 2. The highest BCUT2D eigenvalue weighted by Crippen LogP contribution is 2.37. The fraction of sp³-hybridized carbons (Fsp3) is 0.913. The number of carbonyl (C=O) groups is 2. The number of hydrogen-bond acceptors (Lipinski definition) is 2. The van der Waals surface area contributed by atoms with Crippen LogP contribution in [0.15, 0.2) is 0 Å². The standard InChI is InChI=1S/C23H46N2O2/c1-20(2,3)13-16(22(7,8)9)18(26)24-15-25-19(27)17(23(10,11)12)14-21(4,5)6/h16-17H,13-15H2,1-12H3,(H,24,26)(H,25,27). The van der Waals surface area contributed by atoms with E-state index in [1.165, 1.54) is 0 Å². The predicted molar refractivity (Wildman–Crippen MR) is 115 cm³/mol. The van der Waals surface area contributed by atoms with Crippen molar-refractivity contribution in [2.24, 2.45) is 33.5 Å². The highest BCUT2D eigenvalue weighted by Gasteiger charge is 2.36. The van der Waals surface area contributed by atoms with Gasteiger partial charge in [0, 0.05) is 11.8 Å². The van der Waals surface area contributed by atoms with Crippen molar-refractivity contribution in [1.82, 2.24) is 10.6 Å². The Bertz CT molecular complexity index is 450. The monoisotopic (exact) mass is 382 g/mol. The molecular formula is C23H46N2O2. The van der Waals surface area contributed by atoms with E-state index in [-0.39, 0.29) is 52.0 Å². The quantitative estimate of drug-likeness (QED) is 0.606. The van der Waals surface area contributed by atoms with E-state index < -0.39 is 0 Å². The van der Waals surface area contributed by atoms with Gasteiger partial charge in [-0.1, -0.05) is 83.1 Å². The molecule has 160 valence electrons. The summed E-state index contributed by atoms with van der Waals surface area (Å²) in [5.74, 6) is -0.161. The van der Waals surface area contributed by atoms with Crippen molar-refractivity contribution < 1.29 is 9.59 Å². The molecule has 0 aliphatic rings. The molecule has 0 bridgehead atoms. The van der Waals surface area contributed by atoms with E-state index in [9.17, 15) is 9.59 Å². The van der Waals surface area contributed by atoms with Crippen molar-refractivity contribution in [2.75, 3.05) is 6.67 Å². The average molecular weight is 383 g/mol. The van der Waals surface area contributed by atoms with E-state index in [1.807, 2.05) is 0 Å². The van der Waals surface area contributed by atoms with E-state index in [0.29, 0.717) is 0 Å². The Labute approximate surface area is 168 Å². The van der Waals surface area contributed by atoms with Crippen LogP contribution in [0.4, 0.5) is 0 Å². The lowest BCUT2D eigenvalue weighted by Gasteiger charge is -2.35. The van der Waals surface area contributed by atoms with Crippen LogP contribution in [0.2, 0.25) is 0 Å². The third kappa shape index (κ3) is 10.8. The zero-order chi connectivity index (χ0) is 21.8. The lowest BCUT2D eigenvalue weighted by Crippen LogP contribution is -2.47. The minimum atomic E-state index is -0.123. The molecule has 0 aliphatic heterocycles. The van der Waals surface area contributed by atoms with Crippen LogP contribution in [0.3, 0.4) is 0 Å². The maximum Gasteiger partial charge on any atom is 0.225 e. The number of amides is 2. The Balaban J connectivity index is 4.95. The maximum atomic E-state index is 12.8. The average Bonchev–Trinajstić information content (AvgIpc) is 2.37. The smallest absolute Gasteiger partial charge is 0.225 e. The molecule has 27 heavy (non-hydrogen) atoms. The minimum Gasteiger partial charge on any atom is -0.338 e. The summed E-state index contributed by atoms with van der Waals surface area (Å²) in [6.07, 6.45) is 1.62. The van der Waals surface area contributed by atoms with Gasteiger partial charge in [0.1, 0.15) is 0 Å². The Kier molecular flexibility index (Phi) is 8.61. The van der Waals surface area contributed by atoms with Gasteiger partial charge in [-0.2, -0.15) is 0 Å². The summed E-state index contributed by atoms with van der Waals surface area (Å²) in [6.45, 7) is 25.7. The second kappa shape index (κ2) is 8.96. The predicted octanol–water partition coefficient (Wildman–Crippen LogP) is 5.37. The molecule has 2 atom stereocenters. The summed E-state index contributed by atoms with van der Waals surface area (Å²) in [6, 6.07) is 0. The van der Waals surface area contributed by atoms with Crippen molar-refractivity contribution in [1.29, 1.82) is 0 Å². The summed E-state index contributed by atoms with van der Waals surface area (Å²) >= 11 is 0. The minimum absolute atomic E-state index is 0.0147. The van der Waals surface area contributed by atoms with E-state index in [0.717, 1.165) is 12.8 Å². The molecule has 2 N–H and O–H groups in total. The molecule has 0 aromatic carbocycles. The van der Waals surface area contributed by atoms with E-state index in [4.69, 9.17) is 0 Å². The fourth-order valence-corrected chi connectivity index (χ4v) is 3.27.